The van der Waals surface area contributed by atoms with Gasteiger partial charge in [0.1, 0.15) is 11.2 Å². The van der Waals surface area contributed by atoms with E-state index >= 15 is 0 Å². The average Bonchev–Trinajstić information content (AvgIpc) is 4.03. The molecule has 2 aliphatic carbocycles. The number of hydrogen-bond acceptors (Lipinski definition) is 2. The zero-order valence-corrected chi connectivity index (χ0v) is 37.2. The first-order chi connectivity index (χ1) is 33.7. The molecule has 318 valence electrons. The molecule has 0 radical (unpaired) electrons. The molecule has 2 heteroatoms. The van der Waals surface area contributed by atoms with Crippen LogP contribution in [0.15, 0.2) is 265 Å². The molecule has 11 aromatic carbocycles. The Bertz CT molecular complexity index is 3650. The number of rotatable bonds is 7. The molecule has 0 amide bonds. The van der Waals surface area contributed by atoms with Gasteiger partial charge in [-0.3, -0.25) is 0 Å². The summed E-state index contributed by atoms with van der Waals surface area (Å²) < 4.78 is 6.63. The second kappa shape index (κ2) is 14.9. The van der Waals surface area contributed by atoms with Crippen LogP contribution in [0.3, 0.4) is 0 Å². The number of furan rings is 1. The van der Waals surface area contributed by atoms with E-state index < -0.39 is 10.8 Å². The van der Waals surface area contributed by atoms with E-state index in [0.717, 1.165) is 39.0 Å². The van der Waals surface area contributed by atoms with Crippen LogP contribution in [0.25, 0.3) is 55.0 Å². The molecule has 0 spiro atoms. The smallest absolute Gasteiger partial charge is 0.136 e. The highest BCUT2D eigenvalue weighted by Crippen LogP contribution is 2.59. The summed E-state index contributed by atoms with van der Waals surface area (Å²) >= 11 is 0. The lowest BCUT2D eigenvalue weighted by Gasteiger charge is -2.36. The minimum atomic E-state index is -0.558. The molecular weight excluding hydrogens is 823 g/mol. The van der Waals surface area contributed by atoms with Crippen LogP contribution in [0.4, 0.5) is 17.1 Å². The summed E-state index contributed by atoms with van der Waals surface area (Å²) in [6, 6.07) is 96.4. The molecule has 0 atom stereocenters. The molecule has 0 unspecified atom stereocenters. The maximum Gasteiger partial charge on any atom is 0.136 e. The molecule has 0 saturated carbocycles. The van der Waals surface area contributed by atoms with Gasteiger partial charge in [0, 0.05) is 27.8 Å². The van der Waals surface area contributed by atoms with Crippen LogP contribution in [-0.2, 0) is 10.8 Å². The third kappa shape index (κ3) is 5.40. The van der Waals surface area contributed by atoms with Gasteiger partial charge >= 0.3 is 0 Å². The van der Waals surface area contributed by atoms with Gasteiger partial charge in [0.05, 0.1) is 10.8 Å². The van der Waals surface area contributed by atoms with Gasteiger partial charge in [0.15, 0.2) is 0 Å². The van der Waals surface area contributed by atoms with Crippen molar-refractivity contribution in [2.75, 3.05) is 4.90 Å². The van der Waals surface area contributed by atoms with Crippen molar-refractivity contribution in [3.05, 3.63) is 305 Å². The first kappa shape index (κ1) is 38.5. The monoisotopic (exact) mass is 865 g/mol. The number of anilines is 3. The molecule has 0 aliphatic heterocycles. The number of nitrogens with zero attached hydrogens (tertiary/aromatic N) is 1. The zero-order chi connectivity index (χ0) is 44.8. The number of benzene rings is 11. The van der Waals surface area contributed by atoms with Crippen molar-refractivity contribution in [1.29, 1.82) is 0 Å². The maximum absolute atomic E-state index is 6.63. The Hall–Kier alpha value is -8.72. The summed E-state index contributed by atoms with van der Waals surface area (Å²) in [7, 11) is 0. The van der Waals surface area contributed by atoms with Crippen LogP contribution >= 0.6 is 0 Å². The number of hydrogen-bond donors (Lipinski definition) is 0. The molecule has 68 heavy (non-hydrogen) atoms. The van der Waals surface area contributed by atoms with E-state index in [1.54, 1.807) is 0 Å². The molecular formula is C66H43NO. The lowest BCUT2D eigenvalue weighted by molar-refractivity contribution is 0.669. The molecule has 2 nitrogen and oxygen atoms in total. The maximum atomic E-state index is 6.63. The van der Waals surface area contributed by atoms with Crippen molar-refractivity contribution in [3.63, 3.8) is 0 Å². The Labute approximate surface area is 395 Å². The van der Waals surface area contributed by atoms with Crippen molar-refractivity contribution in [3.8, 4) is 22.3 Å². The third-order valence-electron chi connectivity index (χ3n) is 15.0. The van der Waals surface area contributed by atoms with E-state index in [2.05, 4.69) is 266 Å². The Kier molecular flexibility index (Phi) is 8.45. The highest BCUT2D eigenvalue weighted by Gasteiger charge is 2.48. The SMILES string of the molecule is c1ccc(C2(c3ccccc3)c3ccccc3-c3ccc(N(c4ccc5c(c4)C(c4ccccc4)(c4ccccc4)c4ccccc4-5)c4ccc5oc6cc7ccccc7cc6c5c4)cc32)cc1. The first-order valence-electron chi connectivity index (χ1n) is 23.6. The van der Waals surface area contributed by atoms with Gasteiger partial charge in [-0.2, -0.15) is 0 Å². The van der Waals surface area contributed by atoms with Gasteiger partial charge in [-0.1, -0.05) is 206 Å². The second-order valence-electron chi connectivity index (χ2n) is 18.3. The van der Waals surface area contributed by atoms with E-state index in [4.69, 9.17) is 4.42 Å². The van der Waals surface area contributed by atoms with E-state index in [1.165, 1.54) is 77.5 Å². The zero-order valence-electron chi connectivity index (χ0n) is 37.2. The second-order valence-corrected chi connectivity index (χ2v) is 18.3. The van der Waals surface area contributed by atoms with Gasteiger partial charge in [0.2, 0.25) is 0 Å². The Morgan fingerprint density at radius 3 is 1.12 bits per heavy atom. The molecule has 0 fully saturated rings. The van der Waals surface area contributed by atoms with E-state index in [1.807, 2.05) is 0 Å². The van der Waals surface area contributed by atoms with Crippen LogP contribution in [0.5, 0.6) is 0 Å². The van der Waals surface area contributed by atoms with Crippen molar-refractivity contribution in [1.82, 2.24) is 0 Å². The largest absolute Gasteiger partial charge is 0.456 e. The summed E-state index contributed by atoms with van der Waals surface area (Å²) in [4.78, 5) is 2.48. The van der Waals surface area contributed by atoms with Gasteiger partial charge < -0.3 is 9.32 Å². The van der Waals surface area contributed by atoms with Crippen molar-refractivity contribution in [2.24, 2.45) is 0 Å². The fourth-order valence-electron chi connectivity index (χ4n) is 12.2. The molecule has 0 bridgehead atoms. The van der Waals surface area contributed by atoms with Crippen molar-refractivity contribution in [2.45, 2.75) is 10.8 Å². The molecule has 2 aliphatic rings. The van der Waals surface area contributed by atoms with Gasteiger partial charge in [-0.25, -0.2) is 0 Å². The summed E-state index contributed by atoms with van der Waals surface area (Å²) in [6.07, 6.45) is 0. The minimum Gasteiger partial charge on any atom is -0.456 e. The summed E-state index contributed by atoms with van der Waals surface area (Å²) in [6.45, 7) is 0. The third-order valence-corrected chi connectivity index (χ3v) is 15.0. The number of fused-ring (bicyclic) bond motifs is 10. The quantitative estimate of drug-likeness (QED) is 0.159. The van der Waals surface area contributed by atoms with Crippen LogP contribution < -0.4 is 4.90 Å². The topological polar surface area (TPSA) is 16.4 Å². The normalized spacial score (nSPS) is 13.8. The van der Waals surface area contributed by atoms with Gasteiger partial charge in [-0.05, 0) is 132 Å². The molecule has 1 aromatic heterocycles. The molecule has 12 aromatic rings. The van der Waals surface area contributed by atoms with E-state index in [0.29, 0.717) is 0 Å². The highest BCUT2D eigenvalue weighted by atomic mass is 16.3. The van der Waals surface area contributed by atoms with Crippen molar-refractivity contribution >= 4 is 49.8 Å². The first-order valence-corrected chi connectivity index (χ1v) is 23.6. The van der Waals surface area contributed by atoms with Gasteiger partial charge in [0.25, 0.3) is 0 Å². The predicted octanol–water partition coefficient (Wildman–Crippen LogP) is 16.9. The molecule has 0 N–H and O–H groups in total. The van der Waals surface area contributed by atoms with Crippen LogP contribution in [0.2, 0.25) is 0 Å². The fraction of sp³-hybridized carbons (Fsp3) is 0.0303. The minimum absolute atomic E-state index is 0.558. The van der Waals surface area contributed by atoms with Crippen molar-refractivity contribution < 1.29 is 4.42 Å². The Morgan fingerprint density at radius 2 is 0.632 bits per heavy atom. The van der Waals surface area contributed by atoms with Gasteiger partial charge in [-0.15, -0.1) is 0 Å². The summed E-state index contributed by atoms with van der Waals surface area (Å²) in [5.74, 6) is 0. The van der Waals surface area contributed by atoms with E-state index in [-0.39, 0.29) is 0 Å². The highest BCUT2D eigenvalue weighted by molar-refractivity contribution is 6.11. The Balaban J connectivity index is 1.06. The predicted molar refractivity (Wildman–Crippen MR) is 281 cm³/mol. The Morgan fingerprint density at radius 1 is 0.265 bits per heavy atom. The summed E-state index contributed by atoms with van der Waals surface area (Å²) in [5, 5.41) is 4.55. The van der Waals surface area contributed by atoms with Crippen LogP contribution in [-0.4, -0.2) is 0 Å². The molecule has 14 rings (SSSR count). The molecule has 1 heterocycles. The lowest BCUT2D eigenvalue weighted by atomic mass is 9.67. The lowest BCUT2D eigenvalue weighted by Crippen LogP contribution is -2.29. The van der Waals surface area contributed by atoms with Crippen LogP contribution in [0.1, 0.15) is 44.5 Å². The van der Waals surface area contributed by atoms with E-state index in [9.17, 15) is 0 Å². The summed E-state index contributed by atoms with van der Waals surface area (Å²) in [5.41, 5.74) is 18.9. The van der Waals surface area contributed by atoms with Crippen LogP contribution in [0, 0.1) is 0 Å². The standard InChI is InChI=1S/C66H43NO/c1-5-21-46(22-6-1)65(47-23-7-2-8-24-47)59-31-17-15-29-53(59)55-36-33-51(42-61(55)65)67(50-35-38-63-58(41-50)57-39-44-19-13-14-20-45(44)40-64(57)68-63)52-34-37-56-54-30-16-18-32-60(54)66(62(56)43-52,48-25-9-3-10-26-48)49-27-11-4-12-28-49/h1-43H. The fourth-order valence-corrected chi connectivity index (χ4v) is 12.2. The molecule has 0 saturated heterocycles. The average molecular weight is 866 g/mol.